The molecule has 0 spiro atoms. The Bertz CT molecular complexity index is 3600. The number of benzene rings is 5. The van der Waals surface area contributed by atoms with E-state index in [1.54, 1.807) is 0 Å². The summed E-state index contributed by atoms with van der Waals surface area (Å²) in [5, 5.41) is -12.1. The summed E-state index contributed by atoms with van der Waals surface area (Å²) in [4.78, 5) is -8.30. The molecule has 10 aromatic rings. The lowest BCUT2D eigenvalue weighted by Gasteiger charge is -2.06. The van der Waals surface area contributed by atoms with Crippen LogP contribution in [-0.4, -0.2) is 0 Å². The summed E-state index contributed by atoms with van der Waals surface area (Å²) in [6.45, 7) is 0. The average Bonchev–Trinajstić information content (AvgIpc) is 4.14. The van der Waals surface area contributed by atoms with Gasteiger partial charge in [-0.1, -0.05) is 0 Å². The standard InChI is InChI=1S/C40H2F20S5/c41-13-3-1-61-33(5(3)15(43)25(53)23(13)51)35-7-9(19(47)29(57)27(55)17(7)45)37(63-35)39-11-12(22(50)32(60)31(59)21(11)49)40(65-39)38-10-8(18(46)28(56)30(58)20(10)48)36(64-38)34-6-4(2-62-34)14(42)24(52)26(54)16(6)44/h1-2H. The van der Waals surface area contributed by atoms with Crippen LogP contribution in [0.4, 0.5) is 87.8 Å². The second-order valence-corrected chi connectivity index (χ2v) is 18.3. The molecule has 0 saturated heterocycles. The summed E-state index contributed by atoms with van der Waals surface area (Å²) in [6.07, 6.45) is 0. The predicted octanol–water partition coefficient (Wildman–Crippen LogP) is 17.2. The van der Waals surface area contributed by atoms with E-state index in [2.05, 4.69) is 0 Å². The van der Waals surface area contributed by atoms with Gasteiger partial charge in [0.15, 0.2) is 116 Å². The quantitative estimate of drug-likeness (QED) is 0.0936. The molecule has 0 amide bonds. The Morgan fingerprint density at radius 1 is 0.185 bits per heavy atom. The van der Waals surface area contributed by atoms with E-state index < -0.39 is 209 Å². The first-order valence-electron chi connectivity index (χ1n) is 17.0. The number of halogens is 20. The lowest BCUT2D eigenvalue weighted by atomic mass is 10.0. The van der Waals surface area contributed by atoms with Crippen molar-refractivity contribution in [3.05, 3.63) is 127 Å². The van der Waals surface area contributed by atoms with Crippen molar-refractivity contribution < 1.29 is 87.8 Å². The summed E-state index contributed by atoms with van der Waals surface area (Å²) >= 11 is -0.212. The topological polar surface area (TPSA) is 0 Å². The molecule has 0 bridgehead atoms. The van der Waals surface area contributed by atoms with Crippen LogP contribution in [0.1, 0.15) is 0 Å². The molecule has 0 saturated carbocycles. The maximum atomic E-state index is 16.2. The third kappa shape index (κ3) is 5.49. The van der Waals surface area contributed by atoms with Crippen molar-refractivity contribution in [2.75, 3.05) is 0 Å². The molecule has 5 aromatic heterocycles. The van der Waals surface area contributed by atoms with Crippen molar-refractivity contribution in [2.45, 2.75) is 0 Å². The zero-order valence-corrected chi connectivity index (χ0v) is 33.8. The molecule has 25 heteroatoms. The van der Waals surface area contributed by atoms with Crippen LogP contribution in [0, 0.1) is 116 Å². The van der Waals surface area contributed by atoms with Crippen LogP contribution in [0.3, 0.4) is 0 Å². The van der Waals surface area contributed by atoms with Gasteiger partial charge in [-0.05, 0) is 0 Å². The van der Waals surface area contributed by atoms with Crippen molar-refractivity contribution in [3.8, 4) is 39.0 Å². The lowest BCUT2D eigenvalue weighted by Crippen LogP contribution is -1.99. The van der Waals surface area contributed by atoms with Crippen LogP contribution in [0.2, 0.25) is 0 Å². The van der Waals surface area contributed by atoms with E-state index in [0.29, 0.717) is 10.8 Å². The first kappa shape index (κ1) is 43.4. The molecular formula is C40H2F20S5. The monoisotopic (exact) mass is 1020 g/mol. The molecule has 0 aliphatic rings. The number of fused-ring (bicyclic) bond motifs is 5. The van der Waals surface area contributed by atoms with E-state index in [0.717, 1.165) is 0 Å². The summed E-state index contributed by atoms with van der Waals surface area (Å²) in [5.74, 6) is -47.8. The molecule has 5 aromatic carbocycles. The molecule has 0 N–H and O–H groups in total. The molecule has 0 fully saturated rings. The highest BCUT2D eigenvalue weighted by Crippen LogP contribution is 2.59. The normalized spacial score (nSPS) is 12.3. The molecule has 0 radical (unpaired) electrons. The minimum Gasteiger partial charge on any atom is -0.203 e. The molecule has 0 aliphatic heterocycles. The largest absolute Gasteiger partial charge is 0.203 e. The summed E-state index contributed by atoms with van der Waals surface area (Å²) in [7, 11) is 0. The fourth-order valence-corrected chi connectivity index (χ4v) is 13.9. The van der Waals surface area contributed by atoms with Gasteiger partial charge in [0.05, 0.1) is 39.0 Å². The van der Waals surface area contributed by atoms with Crippen LogP contribution in [0.25, 0.3) is 92.9 Å². The van der Waals surface area contributed by atoms with E-state index in [1.807, 2.05) is 0 Å². The smallest absolute Gasteiger partial charge is 0.198 e. The van der Waals surface area contributed by atoms with Gasteiger partial charge in [-0.3, -0.25) is 0 Å². The Labute approximate surface area is 363 Å². The SMILES string of the molecule is Fc1c(F)c(F)c2c(-c3sc(-c4sc(-c5sc(-c6scc7c(F)c(F)c(F)c(F)c67)c6c(F)c(F)c(F)c(F)c56)c5c(F)c(F)c(F)c(F)c45)c4c(F)c(F)c(F)c(F)c34)scc2c1F. The van der Waals surface area contributed by atoms with E-state index in [1.165, 1.54) is 0 Å². The van der Waals surface area contributed by atoms with Crippen molar-refractivity contribution in [1.82, 2.24) is 0 Å². The molecule has 0 unspecified atom stereocenters. The minimum atomic E-state index is -2.65. The van der Waals surface area contributed by atoms with Gasteiger partial charge in [0.2, 0.25) is 0 Å². The van der Waals surface area contributed by atoms with Gasteiger partial charge in [-0.15, -0.1) is 56.7 Å². The van der Waals surface area contributed by atoms with Crippen LogP contribution in [0.5, 0.6) is 0 Å². The van der Waals surface area contributed by atoms with Gasteiger partial charge >= 0.3 is 0 Å². The summed E-state index contributed by atoms with van der Waals surface area (Å²) in [5.41, 5.74) is 0. The van der Waals surface area contributed by atoms with E-state index >= 15 is 52.7 Å². The highest BCUT2D eigenvalue weighted by molar-refractivity contribution is 7.32. The van der Waals surface area contributed by atoms with Crippen LogP contribution in [0.15, 0.2) is 10.8 Å². The number of rotatable bonds is 4. The van der Waals surface area contributed by atoms with Crippen LogP contribution >= 0.6 is 56.7 Å². The van der Waals surface area contributed by atoms with Crippen LogP contribution in [-0.2, 0) is 0 Å². The lowest BCUT2D eigenvalue weighted by molar-refractivity contribution is 0.418. The summed E-state index contributed by atoms with van der Waals surface area (Å²) < 4.78 is 305. The van der Waals surface area contributed by atoms with Crippen molar-refractivity contribution in [2.24, 2.45) is 0 Å². The Morgan fingerprint density at radius 2 is 0.354 bits per heavy atom. The first-order valence-corrected chi connectivity index (χ1v) is 21.2. The van der Waals surface area contributed by atoms with Crippen LogP contribution < -0.4 is 0 Å². The summed E-state index contributed by atoms with van der Waals surface area (Å²) in [6, 6.07) is 0. The Morgan fingerprint density at radius 3 is 0.569 bits per heavy atom. The highest BCUT2D eigenvalue weighted by atomic mass is 32.1. The van der Waals surface area contributed by atoms with Gasteiger partial charge < -0.3 is 0 Å². The molecule has 0 aliphatic carbocycles. The molecule has 65 heavy (non-hydrogen) atoms. The molecule has 332 valence electrons. The number of thiophene rings is 5. The Hall–Kier alpha value is -5.50. The maximum Gasteiger partial charge on any atom is 0.198 e. The first-order chi connectivity index (χ1) is 30.6. The van der Waals surface area contributed by atoms with Gasteiger partial charge in [0, 0.05) is 64.6 Å². The zero-order valence-electron chi connectivity index (χ0n) is 29.8. The molecule has 10 rings (SSSR count). The van der Waals surface area contributed by atoms with E-state index in [9.17, 15) is 35.1 Å². The second kappa shape index (κ2) is 14.5. The van der Waals surface area contributed by atoms with Gasteiger partial charge in [0.25, 0.3) is 0 Å². The third-order valence-corrected chi connectivity index (χ3v) is 16.4. The van der Waals surface area contributed by atoms with Gasteiger partial charge in [-0.2, -0.15) is 0 Å². The van der Waals surface area contributed by atoms with Crippen molar-refractivity contribution in [1.29, 1.82) is 0 Å². The molecule has 5 heterocycles. The van der Waals surface area contributed by atoms with Crippen molar-refractivity contribution >= 4 is 111 Å². The number of hydrogen-bond acceptors (Lipinski definition) is 5. The Kier molecular flexibility index (Phi) is 9.68. The number of hydrogen-bond donors (Lipinski definition) is 0. The average molecular weight is 1020 g/mol. The molecular weight excluding hydrogens is 1020 g/mol. The predicted molar refractivity (Wildman–Crippen MR) is 204 cm³/mol. The molecule has 0 nitrogen and oxygen atoms in total. The zero-order chi connectivity index (χ0) is 46.9. The molecule has 0 atom stereocenters. The third-order valence-electron chi connectivity index (χ3n) is 10.3. The van der Waals surface area contributed by atoms with Gasteiger partial charge in [0.1, 0.15) is 0 Å². The van der Waals surface area contributed by atoms with Crippen molar-refractivity contribution in [3.63, 3.8) is 0 Å². The Balaban J connectivity index is 1.38. The fraction of sp³-hybridized carbons (Fsp3) is 0. The highest BCUT2D eigenvalue weighted by Gasteiger charge is 2.38. The maximum absolute atomic E-state index is 16.2. The second-order valence-electron chi connectivity index (χ2n) is 13.5. The fourth-order valence-electron chi connectivity index (χ4n) is 7.40. The van der Waals surface area contributed by atoms with E-state index in [-0.39, 0.29) is 56.7 Å². The van der Waals surface area contributed by atoms with E-state index in [4.69, 9.17) is 0 Å². The van der Waals surface area contributed by atoms with Gasteiger partial charge in [-0.25, -0.2) is 87.8 Å². The minimum absolute atomic E-state index is 0.145.